The van der Waals surface area contributed by atoms with Gasteiger partial charge >= 0.3 is 0 Å². The Morgan fingerprint density at radius 3 is 2.78 bits per heavy atom. The molecule has 2 aliphatic rings. The average molecular weight is 254 g/mol. The minimum atomic E-state index is 0.0623. The number of carbonyl (C=O) groups excluding carboxylic acids is 1. The summed E-state index contributed by atoms with van der Waals surface area (Å²) in [5.41, 5.74) is 0. The van der Waals surface area contributed by atoms with Gasteiger partial charge in [-0.25, -0.2) is 0 Å². The number of hydrogen-bond acceptors (Lipinski definition) is 3. The lowest BCUT2D eigenvalue weighted by Crippen LogP contribution is -2.45. The first-order valence-electron chi connectivity index (χ1n) is 7.35. The van der Waals surface area contributed by atoms with Crippen molar-refractivity contribution >= 4 is 5.91 Å². The first kappa shape index (κ1) is 13.8. The van der Waals surface area contributed by atoms with E-state index in [-0.39, 0.29) is 6.04 Å². The summed E-state index contributed by atoms with van der Waals surface area (Å²) in [6.07, 6.45) is 4.24. The summed E-state index contributed by atoms with van der Waals surface area (Å²) in [5, 5.41) is 3.35. The zero-order valence-corrected chi connectivity index (χ0v) is 11.7. The monoisotopic (exact) mass is 254 g/mol. The molecule has 4 heteroatoms. The number of rotatable bonds is 5. The largest absolute Gasteiger partial charge is 0.381 e. The summed E-state index contributed by atoms with van der Waals surface area (Å²) in [7, 11) is 0. The van der Waals surface area contributed by atoms with Crippen molar-refractivity contribution in [3.05, 3.63) is 0 Å². The van der Waals surface area contributed by atoms with Crippen LogP contribution in [-0.2, 0) is 9.53 Å². The Balaban J connectivity index is 1.87. The number of carbonyl (C=O) groups is 1. The Labute approximate surface area is 110 Å². The van der Waals surface area contributed by atoms with Gasteiger partial charge in [0, 0.05) is 25.8 Å². The standard InChI is InChI=1S/C14H26N2O2/c1-3-7-15-13-4-8-16(14(13)17)11(2)12-5-9-18-10-6-12/h11-13,15H,3-10H2,1-2H3. The van der Waals surface area contributed by atoms with Crippen molar-refractivity contribution in [2.45, 2.75) is 51.6 Å². The summed E-state index contributed by atoms with van der Waals surface area (Å²) in [5.74, 6) is 0.926. The smallest absolute Gasteiger partial charge is 0.240 e. The third-order valence-corrected chi connectivity index (χ3v) is 4.32. The minimum Gasteiger partial charge on any atom is -0.381 e. The molecule has 2 aliphatic heterocycles. The minimum absolute atomic E-state index is 0.0623. The number of hydrogen-bond donors (Lipinski definition) is 1. The summed E-state index contributed by atoms with van der Waals surface area (Å²) in [4.78, 5) is 14.4. The summed E-state index contributed by atoms with van der Waals surface area (Å²) >= 11 is 0. The maximum absolute atomic E-state index is 12.3. The van der Waals surface area contributed by atoms with E-state index in [0.29, 0.717) is 17.9 Å². The molecule has 0 radical (unpaired) electrons. The van der Waals surface area contributed by atoms with E-state index in [9.17, 15) is 4.79 Å². The van der Waals surface area contributed by atoms with Gasteiger partial charge in [-0.05, 0) is 45.1 Å². The van der Waals surface area contributed by atoms with Gasteiger partial charge in [-0.15, -0.1) is 0 Å². The molecule has 0 aromatic heterocycles. The molecule has 2 heterocycles. The van der Waals surface area contributed by atoms with E-state index < -0.39 is 0 Å². The van der Waals surface area contributed by atoms with E-state index in [1.807, 2.05) is 0 Å². The van der Waals surface area contributed by atoms with Gasteiger partial charge in [0.1, 0.15) is 0 Å². The highest BCUT2D eigenvalue weighted by molar-refractivity contribution is 5.84. The number of nitrogens with zero attached hydrogens (tertiary/aromatic N) is 1. The van der Waals surface area contributed by atoms with Crippen molar-refractivity contribution in [1.82, 2.24) is 10.2 Å². The molecule has 4 nitrogen and oxygen atoms in total. The highest BCUT2D eigenvalue weighted by atomic mass is 16.5. The second-order valence-electron chi connectivity index (χ2n) is 5.52. The SMILES string of the molecule is CCCNC1CCN(C(C)C2CCOCC2)C1=O. The van der Waals surface area contributed by atoms with Gasteiger partial charge in [0.25, 0.3) is 0 Å². The Morgan fingerprint density at radius 2 is 2.11 bits per heavy atom. The van der Waals surface area contributed by atoms with Gasteiger partial charge in [0.05, 0.1) is 6.04 Å². The molecule has 0 aromatic carbocycles. The quantitative estimate of drug-likeness (QED) is 0.806. The van der Waals surface area contributed by atoms with Crippen LogP contribution >= 0.6 is 0 Å². The second kappa shape index (κ2) is 6.53. The summed E-state index contributed by atoms with van der Waals surface area (Å²) in [6.45, 7) is 7.91. The van der Waals surface area contributed by atoms with E-state index in [4.69, 9.17) is 4.74 Å². The van der Waals surface area contributed by atoms with Gasteiger partial charge in [-0.2, -0.15) is 0 Å². The van der Waals surface area contributed by atoms with Crippen LogP contribution in [0.2, 0.25) is 0 Å². The van der Waals surface area contributed by atoms with Gasteiger partial charge < -0.3 is 15.0 Å². The zero-order chi connectivity index (χ0) is 13.0. The number of ether oxygens (including phenoxy) is 1. The molecule has 1 N–H and O–H groups in total. The lowest BCUT2D eigenvalue weighted by Gasteiger charge is -2.34. The highest BCUT2D eigenvalue weighted by Crippen LogP contribution is 2.26. The molecule has 0 aliphatic carbocycles. The van der Waals surface area contributed by atoms with E-state index in [1.54, 1.807) is 0 Å². The number of nitrogens with one attached hydrogen (secondary N) is 1. The van der Waals surface area contributed by atoms with Crippen LogP contribution in [0.5, 0.6) is 0 Å². The van der Waals surface area contributed by atoms with E-state index in [1.165, 1.54) is 0 Å². The molecule has 1 amide bonds. The fourth-order valence-corrected chi connectivity index (χ4v) is 3.07. The maximum Gasteiger partial charge on any atom is 0.240 e. The van der Waals surface area contributed by atoms with Crippen molar-refractivity contribution in [1.29, 1.82) is 0 Å². The van der Waals surface area contributed by atoms with Crippen LogP contribution in [0.25, 0.3) is 0 Å². The van der Waals surface area contributed by atoms with Crippen LogP contribution in [-0.4, -0.2) is 49.2 Å². The normalized spacial score (nSPS) is 27.8. The van der Waals surface area contributed by atoms with Crippen LogP contribution in [0.3, 0.4) is 0 Å². The second-order valence-corrected chi connectivity index (χ2v) is 5.52. The molecule has 0 saturated carbocycles. The maximum atomic E-state index is 12.3. The number of likely N-dealkylation sites (tertiary alicyclic amines) is 1. The van der Waals surface area contributed by atoms with Crippen LogP contribution in [0.1, 0.15) is 39.5 Å². The summed E-state index contributed by atoms with van der Waals surface area (Å²) in [6, 6.07) is 0.432. The Bertz CT molecular complexity index is 277. The van der Waals surface area contributed by atoms with Crippen molar-refractivity contribution in [3.8, 4) is 0 Å². The fourth-order valence-electron chi connectivity index (χ4n) is 3.07. The van der Waals surface area contributed by atoms with Crippen molar-refractivity contribution < 1.29 is 9.53 Å². The lowest BCUT2D eigenvalue weighted by molar-refractivity contribution is -0.132. The molecule has 0 spiro atoms. The molecule has 0 aromatic rings. The Hall–Kier alpha value is -0.610. The third kappa shape index (κ3) is 3.04. The predicted molar refractivity (Wildman–Crippen MR) is 71.4 cm³/mol. The topological polar surface area (TPSA) is 41.6 Å². The molecule has 2 unspecified atom stereocenters. The predicted octanol–water partition coefficient (Wildman–Crippen LogP) is 1.40. The van der Waals surface area contributed by atoms with Crippen LogP contribution in [0.15, 0.2) is 0 Å². The average Bonchev–Trinajstić information content (AvgIpc) is 2.78. The van der Waals surface area contributed by atoms with Gasteiger partial charge in [-0.3, -0.25) is 4.79 Å². The van der Waals surface area contributed by atoms with E-state index in [2.05, 4.69) is 24.1 Å². The first-order chi connectivity index (χ1) is 8.74. The van der Waals surface area contributed by atoms with Crippen molar-refractivity contribution in [3.63, 3.8) is 0 Å². The Kier molecular flexibility index (Phi) is 5.01. The van der Waals surface area contributed by atoms with Crippen molar-refractivity contribution in [2.24, 2.45) is 5.92 Å². The number of amides is 1. The first-order valence-corrected chi connectivity index (χ1v) is 7.35. The van der Waals surface area contributed by atoms with E-state index >= 15 is 0 Å². The molecule has 2 atom stereocenters. The van der Waals surface area contributed by atoms with E-state index in [0.717, 1.165) is 52.0 Å². The zero-order valence-electron chi connectivity index (χ0n) is 11.7. The highest BCUT2D eigenvalue weighted by Gasteiger charge is 2.36. The van der Waals surface area contributed by atoms with Crippen LogP contribution < -0.4 is 5.32 Å². The molecule has 18 heavy (non-hydrogen) atoms. The Morgan fingerprint density at radius 1 is 1.39 bits per heavy atom. The molecule has 0 bridgehead atoms. The molecule has 2 saturated heterocycles. The molecule has 104 valence electrons. The molecule has 2 rings (SSSR count). The fraction of sp³-hybridized carbons (Fsp3) is 0.929. The van der Waals surface area contributed by atoms with Crippen molar-refractivity contribution in [2.75, 3.05) is 26.3 Å². The molecular weight excluding hydrogens is 228 g/mol. The summed E-state index contributed by atoms with van der Waals surface area (Å²) < 4.78 is 5.40. The van der Waals surface area contributed by atoms with Gasteiger partial charge in [0.15, 0.2) is 0 Å². The van der Waals surface area contributed by atoms with Crippen LogP contribution in [0, 0.1) is 5.92 Å². The molecule has 2 fully saturated rings. The molecular formula is C14H26N2O2. The van der Waals surface area contributed by atoms with Gasteiger partial charge in [-0.1, -0.05) is 6.92 Å². The van der Waals surface area contributed by atoms with Crippen LogP contribution in [0.4, 0.5) is 0 Å². The van der Waals surface area contributed by atoms with Gasteiger partial charge in [0.2, 0.25) is 5.91 Å². The lowest BCUT2D eigenvalue weighted by atomic mass is 9.92. The third-order valence-electron chi connectivity index (χ3n) is 4.32.